The highest BCUT2D eigenvalue weighted by molar-refractivity contribution is 7.15. The van der Waals surface area contributed by atoms with Gasteiger partial charge in [0.2, 0.25) is 5.91 Å². The van der Waals surface area contributed by atoms with Crippen LogP contribution in [0.4, 0.5) is 0 Å². The molecule has 9 heteroatoms. The molecule has 0 aliphatic carbocycles. The van der Waals surface area contributed by atoms with Gasteiger partial charge in [0, 0.05) is 48.1 Å². The number of carbonyl (C=O) groups excluding carboxylic acids is 2. The van der Waals surface area contributed by atoms with E-state index in [4.69, 9.17) is 4.74 Å². The molecule has 0 radical (unpaired) electrons. The van der Waals surface area contributed by atoms with Crippen molar-refractivity contribution in [2.45, 2.75) is 26.0 Å². The van der Waals surface area contributed by atoms with Gasteiger partial charge in [0.15, 0.2) is 4.96 Å². The third-order valence-electron chi connectivity index (χ3n) is 4.48. The van der Waals surface area contributed by atoms with Crippen LogP contribution in [-0.4, -0.2) is 32.3 Å². The van der Waals surface area contributed by atoms with Gasteiger partial charge in [-0.3, -0.25) is 14.0 Å². The molecule has 0 aliphatic heterocycles. The molecular weight excluding hydrogens is 392 g/mol. The van der Waals surface area contributed by atoms with E-state index in [1.807, 2.05) is 30.5 Å². The van der Waals surface area contributed by atoms with Gasteiger partial charge in [-0.25, -0.2) is 9.78 Å². The molecule has 0 bridgehead atoms. The third-order valence-corrected chi connectivity index (χ3v) is 5.24. The number of esters is 1. The van der Waals surface area contributed by atoms with Crippen LogP contribution >= 0.6 is 11.3 Å². The van der Waals surface area contributed by atoms with Crippen LogP contribution in [0.15, 0.2) is 52.9 Å². The van der Waals surface area contributed by atoms with Gasteiger partial charge in [0.25, 0.3) is 5.56 Å². The van der Waals surface area contributed by atoms with Crippen molar-refractivity contribution in [2.75, 3.05) is 0 Å². The number of hydrogen-bond acceptors (Lipinski definition) is 6. The summed E-state index contributed by atoms with van der Waals surface area (Å²) in [5.41, 5.74) is 1.97. The number of benzene rings is 1. The molecule has 3 heterocycles. The van der Waals surface area contributed by atoms with E-state index in [0.29, 0.717) is 10.7 Å². The second-order valence-corrected chi connectivity index (χ2v) is 7.44. The number of nitrogens with one attached hydrogen (secondary N) is 2. The normalized spacial score (nSPS) is 12.2. The fourth-order valence-electron chi connectivity index (χ4n) is 3.17. The lowest BCUT2D eigenvalue weighted by Gasteiger charge is -2.16. The van der Waals surface area contributed by atoms with Gasteiger partial charge in [-0.1, -0.05) is 18.2 Å². The van der Waals surface area contributed by atoms with Crippen molar-refractivity contribution >= 4 is 39.1 Å². The number of hydrogen-bond donors (Lipinski definition) is 2. The maximum absolute atomic E-state index is 12.7. The Morgan fingerprint density at radius 3 is 3.00 bits per heavy atom. The van der Waals surface area contributed by atoms with E-state index in [1.165, 1.54) is 28.7 Å². The van der Waals surface area contributed by atoms with Crippen molar-refractivity contribution in [1.29, 1.82) is 0 Å². The Kier molecular flexibility index (Phi) is 5.13. The summed E-state index contributed by atoms with van der Waals surface area (Å²) in [5.74, 6) is -0.915. The molecule has 8 nitrogen and oxygen atoms in total. The second-order valence-electron chi connectivity index (χ2n) is 6.57. The van der Waals surface area contributed by atoms with Crippen molar-refractivity contribution < 1.29 is 14.3 Å². The first-order valence-electron chi connectivity index (χ1n) is 8.96. The van der Waals surface area contributed by atoms with Gasteiger partial charge < -0.3 is 15.0 Å². The number of ether oxygens (including phenoxy) is 1. The van der Waals surface area contributed by atoms with Gasteiger partial charge in [-0.2, -0.15) is 0 Å². The molecule has 4 aromatic rings. The van der Waals surface area contributed by atoms with Crippen LogP contribution in [0.2, 0.25) is 0 Å². The summed E-state index contributed by atoms with van der Waals surface area (Å²) in [5, 5.41) is 5.38. The lowest BCUT2D eigenvalue weighted by atomic mass is 10.0. The van der Waals surface area contributed by atoms with Crippen molar-refractivity contribution in [3.05, 3.63) is 69.7 Å². The summed E-state index contributed by atoms with van der Waals surface area (Å²) in [7, 11) is 0. The smallest absolute Gasteiger partial charge is 0.329 e. The summed E-state index contributed by atoms with van der Waals surface area (Å²) in [6.45, 7) is 1.20. The van der Waals surface area contributed by atoms with E-state index in [1.54, 1.807) is 11.6 Å². The molecule has 1 atom stereocenters. The molecule has 0 saturated heterocycles. The molecule has 4 rings (SSSR count). The second kappa shape index (κ2) is 7.88. The largest absolute Gasteiger partial charge is 0.458 e. The predicted octanol–water partition coefficient (Wildman–Crippen LogP) is 2.03. The van der Waals surface area contributed by atoms with Crippen LogP contribution in [0.3, 0.4) is 0 Å². The van der Waals surface area contributed by atoms with Gasteiger partial charge in [-0.15, -0.1) is 11.3 Å². The SMILES string of the molecule is CC(=O)NC(Cc1c[nH]c2ccccc12)C(=O)OCc1cc(=O)n2ccsc2n1. The van der Waals surface area contributed by atoms with Crippen molar-refractivity contribution in [3.8, 4) is 0 Å². The molecule has 1 unspecified atom stereocenters. The van der Waals surface area contributed by atoms with Crippen LogP contribution in [0.5, 0.6) is 0 Å². The van der Waals surface area contributed by atoms with Gasteiger partial charge in [0.1, 0.15) is 12.6 Å². The molecule has 0 saturated carbocycles. The Morgan fingerprint density at radius 1 is 1.34 bits per heavy atom. The monoisotopic (exact) mass is 410 g/mol. The summed E-state index contributed by atoms with van der Waals surface area (Å²) in [6, 6.07) is 8.21. The van der Waals surface area contributed by atoms with Crippen LogP contribution in [0, 0.1) is 0 Å². The summed E-state index contributed by atoms with van der Waals surface area (Å²) in [4.78, 5) is 44.3. The minimum Gasteiger partial charge on any atom is -0.458 e. The number of aromatic nitrogens is 3. The molecule has 0 aliphatic rings. The standard InChI is InChI=1S/C20H18N4O4S/c1-12(25)22-17(8-13-10-21-16-5-3-2-4-15(13)16)19(27)28-11-14-9-18(26)24-6-7-29-20(24)23-14/h2-7,9-10,17,21H,8,11H2,1H3,(H,22,25). The van der Waals surface area contributed by atoms with Gasteiger partial charge >= 0.3 is 5.97 Å². The van der Waals surface area contributed by atoms with Crippen molar-refractivity contribution in [1.82, 2.24) is 19.7 Å². The highest BCUT2D eigenvalue weighted by Crippen LogP contribution is 2.19. The maximum atomic E-state index is 12.7. The zero-order chi connectivity index (χ0) is 20.4. The molecule has 1 amide bonds. The van der Waals surface area contributed by atoms with Crippen molar-refractivity contribution in [3.63, 3.8) is 0 Å². The van der Waals surface area contributed by atoms with Gasteiger partial charge in [-0.05, 0) is 11.6 Å². The van der Waals surface area contributed by atoms with E-state index in [9.17, 15) is 14.4 Å². The molecule has 0 fully saturated rings. The molecular formula is C20H18N4O4S. The lowest BCUT2D eigenvalue weighted by Crippen LogP contribution is -2.42. The Morgan fingerprint density at radius 2 is 2.17 bits per heavy atom. The topological polar surface area (TPSA) is 106 Å². The number of fused-ring (bicyclic) bond motifs is 2. The number of H-pyrrole nitrogens is 1. The van der Waals surface area contributed by atoms with Crippen molar-refractivity contribution in [2.24, 2.45) is 0 Å². The lowest BCUT2D eigenvalue weighted by molar-refractivity contribution is -0.149. The Balaban J connectivity index is 1.50. The highest BCUT2D eigenvalue weighted by atomic mass is 32.1. The van der Waals surface area contributed by atoms with E-state index >= 15 is 0 Å². The minimum atomic E-state index is -0.849. The third kappa shape index (κ3) is 4.04. The Labute approximate surface area is 169 Å². The molecule has 3 aromatic heterocycles. The molecule has 29 heavy (non-hydrogen) atoms. The first-order valence-corrected chi connectivity index (χ1v) is 9.84. The first-order chi connectivity index (χ1) is 14.0. The maximum Gasteiger partial charge on any atom is 0.329 e. The Hall–Kier alpha value is -3.46. The van der Waals surface area contributed by atoms with E-state index in [2.05, 4.69) is 15.3 Å². The average Bonchev–Trinajstić information content (AvgIpc) is 3.33. The summed E-state index contributed by atoms with van der Waals surface area (Å²) in [6.07, 6.45) is 3.74. The molecule has 148 valence electrons. The number of aromatic amines is 1. The molecule has 2 N–H and O–H groups in total. The number of thiazole rings is 1. The molecule has 0 spiro atoms. The number of para-hydroxylation sites is 1. The van der Waals surface area contributed by atoms with E-state index in [-0.39, 0.29) is 24.5 Å². The number of nitrogens with zero attached hydrogens (tertiary/aromatic N) is 2. The number of amides is 1. The zero-order valence-corrected chi connectivity index (χ0v) is 16.4. The Bertz CT molecular complexity index is 1260. The number of carbonyl (C=O) groups is 2. The average molecular weight is 410 g/mol. The fourth-order valence-corrected chi connectivity index (χ4v) is 3.91. The van der Waals surface area contributed by atoms with Crippen LogP contribution < -0.4 is 10.9 Å². The minimum absolute atomic E-state index is 0.146. The predicted molar refractivity (Wildman–Crippen MR) is 109 cm³/mol. The highest BCUT2D eigenvalue weighted by Gasteiger charge is 2.23. The summed E-state index contributed by atoms with van der Waals surface area (Å²) < 4.78 is 6.79. The van der Waals surface area contributed by atoms with Crippen LogP contribution in [0.1, 0.15) is 18.2 Å². The quantitative estimate of drug-likeness (QED) is 0.473. The molecule has 1 aromatic carbocycles. The van der Waals surface area contributed by atoms with Crippen LogP contribution in [-0.2, 0) is 27.4 Å². The van der Waals surface area contributed by atoms with E-state index in [0.717, 1.165) is 16.5 Å². The summed E-state index contributed by atoms with van der Waals surface area (Å²) >= 11 is 1.32. The number of rotatable bonds is 6. The first kappa shape index (κ1) is 18.9. The van der Waals surface area contributed by atoms with Crippen LogP contribution in [0.25, 0.3) is 15.9 Å². The van der Waals surface area contributed by atoms with Gasteiger partial charge in [0.05, 0.1) is 5.69 Å². The zero-order valence-electron chi connectivity index (χ0n) is 15.5. The fraction of sp³-hybridized carbons (Fsp3) is 0.200. The van der Waals surface area contributed by atoms with E-state index < -0.39 is 12.0 Å².